The van der Waals surface area contributed by atoms with E-state index in [1.165, 1.54) is 0 Å². The van der Waals surface area contributed by atoms with Gasteiger partial charge in [-0.25, -0.2) is 4.99 Å². The number of benzene rings is 1. The Balaban J connectivity index is 0.00000324. The average Bonchev–Trinajstić information content (AvgIpc) is 2.36. The molecule has 0 heterocycles. The Morgan fingerprint density at radius 1 is 1.37 bits per heavy atom. The fraction of sp³-hybridized carbons (Fsp3) is 0.500. The maximum absolute atomic E-state index is 9.39. The molecule has 0 saturated carbocycles. The summed E-state index contributed by atoms with van der Waals surface area (Å²) in [6.45, 7) is 7.70. The monoisotopic (exact) mass is 377 g/mol. The van der Waals surface area contributed by atoms with Crippen molar-refractivity contribution in [2.75, 3.05) is 6.54 Å². The van der Waals surface area contributed by atoms with Crippen LogP contribution in [0.3, 0.4) is 0 Å². The van der Waals surface area contributed by atoms with Crippen molar-refractivity contribution in [2.45, 2.75) is 39.8 Å². The Kier molecular flexibility index (Phi) is 9.38. The van der Waals surface area contributed by atoms with Crippen LogP contribution < -0.4 is 10.6 Å². The molecule has 0 aliphatic heterocycles. The van der Waals surface area contributed by atoms with Gasteiger partial charge in [0, 0.05) is 12.6 Å². The Morgan fingerprint density at radius 2 is 2.11 bits per heavy atom. The first kappa shape index (κ1) is 18.0. The summed E-state index contributed by atoms with van der Waals surface area (Å²) in [6.07, 6.45) is 1.05. The van der Waals surface area contributed by atoms with Gasteiger partial charge in [0.05, 0.1) is 6.54 Å². The lowest BCUT2D eigenvalue weighted by Crippen LogP contribution is -2.41. The normalized spacial score (nSPS) is 12.5. The predicted molar refractivity (Wildman–Crippen MR) is 91.2 cm³/mol. The van der Waals surface area contributed by atoms with Crippen LogP contribution >= 0.6 is 24.0 Å². The standard InChI is InChI=1S/C14H23N3O.HI/c1-4-11(3)17-14(15-5-2)16-10-12-7-6-8-13(18)9-12;/h6-9,11,18H,4-5,10H2,1-3H3,(H2,15,16,17);1H. The maximum Gasteiger partial charge on any atom is 0.191 e. The summed E-state index contributed by atoms with van der Waals surface area (Å²) in [5.41, 5.74) is 0.997. The third-order valence-corrected chi connectivity index (χ3v) is 2.67. The van der Waals surface area contributed by atoms with Gasteiger partial charge in [-0.3, -0.25) is 0 Å². The highest BCUT2D eigenvalue weighted by Gasteiger charge is 2.02. The van der Waals surface area contributed by atoms with E-state index in [9.17, 15) is 5.11 Å². The molecule has 0 fully saturated rings. The smallest absolute Gasteiger partial charge is 0.191 e. The van der Waals surface area contributed by atoms with Gasteiger partial charge in [-0.2, -0.15) is 0 Å². The zero-order chi connectivity index (χ0) is 13.4. The molecule has 1 unspecified atom stereocenters. The molecule has 1 aromatic carbocycles. The summed E-state index contributed by atoms with van der Waals surface area (Å²) in [7, 11) is 0. The summed E-state index contributed by atoms with van der Waals surface area (Å²) in [5.74, 6) is 1.10. The minimum atomic E-state index is 0. The number of aliphatic imine (C=N–C) groups is 1. The highest BCUT2D eigenvalue weighted by atomic mass is 127. The van der Waals surface area contributed by atoms with Crippen molar-refractivity contribution < 1.29 is 5.11 Å². The molecule has 1 aromatic rings. The van der Waals surface area contributed by atoms with Crippen LogP contribution in [0.4, 0.5) is 0 Å². The topological polar surface area (TPSA) is 56.7 Å². The van der Waals surface area contributed by atoms with Gasteiger partial charge in [-0.05, 0) is 38.0 Å². The van der Waals surface area contributed by atoms with E-state index in [0.29, 0.717) is 12.6 Å². The lowest BCUT2D eigenvalue weighted by Gasteiger charge is -2.16. The first-order valence-corrected chi connectivity index (χ1v) is 6.48. The maximum atomic E-state index is 9.39. The number of rotatable bonds is 5. The summed E-state index contributed by atoms with van der Waals surface area (Å²) in [4.78, 5) is 4.50. The van der Waals surface area contributed by atoms with E-state index in [4.69, 9.17) is 0 Å². The van der Waals surface area contributed by atoms with Crippen molar-refractivity contribution in [1.82, 2.24) is 10.6 Å². The second kappa shape index (κ2) is 9.89. The molecule has 0 aliphatic carbocycles. The van der Waals surface area contributed by atoms with Gasteiger partial charge in [0.25, 0.3) is 0 Å². The van der Waals surface area contributed by atoms with Gasteiger partial charge in [0.15, 0.2) is 5.96 Å². The van der Waals surface area contributed by atoms with Gasteiger partial charge in [0.2, 0.25) is 0 Å². The molecule has 1 rings (SSSR count). The molecule has 4 nitrogen and oxygen atoms in total. The Bertz CT molecular complexity index is 396. The van der Waals surface area contributed by atoms with Crippen LogP contribution in [-0.2, 0) is 6.54 Å². The van der Waals surface area contributed by atoms with Crippen LogP contribution in [-0.4, -0.2) is 23.7 Å². The van der Waals surface area contributed by atoms with Crippen molar-refractivity contribution in [3.8, 4) is 5.75 Å². The number of guanidine groups is 1. The number of phenols is 1. The summed E-state index contributed by atoms with van der Waals surface area (Å²) >= 11 is 0. The Morgan fingerprint density at radius 3 is 2.68 bits per heavy atom. The van der Waals surface area contributed by atoms with E-state index < -0.39 is 0 Å². The molecule has 0 radical (unpaired) electrons. The van der Waals surface area contributed by atoms with E-state index in [1.54, 1.807) is 12.1 Å². The van der Waals surface area contributed by atoms with Gasteiger partial charge in [0.1, 0.15) is 5.75 Å². The van der Waals surface area contributed by atoms with E-state index in [1.807, 2.05) is 19.1 Å². The largest absolute Gasteiger partial charge is 0.508 e. The predicted octanol–water partition coefficient (Wildman–Crippen LogP) is 2.86. The number of hydrogen-bond donors (Lipinski definition) is 3. The van der Waals surface area contributed by atoms with Gasteiger partial charge < -0.3 is 15.7 Å². The first-order valence-electron chi connectivity index (χ1n) is 6.48. The van der Waals surface area contributed by atoms with Crippen LogP contribution in [0.5, 0.6) is 5.75 Å². The van der Waals surface area contributed by atoms with Gasteiger partial charge in [-0.15, -0.1) is 24.0 Å². The van der Waals surface area contributed by atoms with Crippen molar-refractivity contribution >= 4 is 29.9 Å². The molecule has 0 spiro atoms. The Labute approximate surface area is 132 Å². The van der Waals surface area contributed by atoms with Crippen LogP contribution in [0.1, 0.15) is 32.8 Å². The molecular weight excluding hydrogens is 353 g/mol. The number of nitrogens with zero attached hydrogens (tertiary/aromatic N) is 1. The number of phenolic OH excluding ortho intramolecular Hbond substituents is 1. The van der Waals surface area contributed by atoms with Crippen molar-refractivity contribution in [2.24, 2.45) is 4.99 Å². The zero-order valence-corrected chi connectivity index (χ0v) is 14.1. The van der Waals surface area contributed by atoms with Crippen LogP contribution in [0.15, 0.2) is 29.3 Å². The van der Waals surface area contributed by atoms with Crippen molar-refractivity contribution in [1.29, 1.82) is 0 Å². The quantitative estimate of drug-likeness (QED) is 0.420. The fourth-order valence-corrected chi connectivity index (χ4v) is 1.48. The second-order valence-corrected chi connectivity index (χ2v) is 4.32. The molecule has 1 atom stereocenters. The number of aromatic hydroxyl groups is 1. The van der Waals surface area contributed by atoms with E-state index in [0.717, 1.165) is 24.5 Å². The van der Waals surface area contributed by atoms with E-state index in [2.05, 4.69) is 29.5 Å². The number of halogens is 1. The molecule has 3 N–H and O–H groups in total. The molecule has 0 bridgehead atoms. The SMILES string of the molecule is CCNC(=NCc1cccc(O)c1)NC(C)CC.I. The summed E-state index contributed by atoms with van der Waals surface area (Å²) < 4.78 is 0. The van der Waals surface area contributed by atoms with E-state index >= 15 is 0 Å². The molecule has 0 amide bonds. The minimum Gasteiger partial charge on any atom is -0.508 e. The molecule has 19 heavy (non-hydrogen) atoms. The van der Waals surface area contributed by atoms with Gasteiger partial charge in [-0.1, -0.05) is 19.1 Å². The molecule has 0 aromatic heterocycles. The lowest BCUT2D eigenvalue weighted by atomic mass is 10.2. The van der Waals surface area contributed by atoms with Crippen molar-refractivity contribution in [3.05, 3.63) is 29.8 Å². The minimum absolute atomic E-state index is 0. The fourth-order valence-electron chi connectivity index (χ4n) is 1.48. The van der Waals surface area contributed by atoms with Gasteiger partial charge >= 0.3 is 0 Å². The molecule has 0 saturated heterocycles. The van der Waals surface area contributed by atoms with Crippen LogP contribution in [0, 0.1) is 0 Å². The Hall–Kier alpha value is -0.980. The average molecular weight is 377 g/mol. The third-order valence-electron chi connectivity index (χ3n) is 2.67. The second-order valence-electron chi connectivity index (χ2n) is 4.32. The van der Waals surface area contributed by atoms with Crippen LogP contribution in [0.25, 0.3) is 0 Å². The summed E-state index contributed by atoms with van der Waals surface area (Å²) in [6, 6.07) is 7.57. The number of hydrogen-bond acceptors (Lipinski definition) is 2. The highest BCUT2D eigenvalue weighted by molar-refractivity contribution is 14.0. The van der Waals surface area contributed by atoms with Crippen molar-refractivity contribution in [3.63, 3.8) is 0 Å². The third kappa shape index (κ3) is 7.25. The van der Waals surface area contributed by atoms with Crippen LogP contribution in [0.2, 0.25) is 0 Å². The molecule has 108 valence electrons. The highest BCUT2D eigenvalue weighted by Crippen LogP contribution is 2.11. The molecule has 5 heteroatoms. The first-order chi connectivity index (χ1) is 8.65. The van der Waals surface area contributed by atoms with E-state index in [-0.39, 0.29) is 29.7 Å². The molecule has 0 aliphatic rings. The zero-order valence-electron chi connectivity index (χ0n) is 11.8. The summed E-state index contributed by atoms with van der Waals surface area (Å²) in [5, 5.41) is 15.9. The number of nitrogens with one attached hydrogen (secondary N) is 2. The molecular formula is C14H24IN3O. The lowest BCUT2D eigenvalue weighted by molar-refractivity contribution is 0.474.